The quantitative estimate of drug-likeness (QED) is 0.445. The summed E-state index contributed by atoms with van der Waals surface area (Å²) in [4.78, 5) is 50.0. The molecule has 9 nitrogen and oxygen atoms in total. The largest absolute Gasteiger partial charge is 0.494 e. The summed E-state index contributed by atoms with van der Waals surface area (Å²) in [6.07, 6.45) is 1.03. The van der Waals surface area contributed by atoms with Crippen LogP contribution in [0.3, 0.4) is 0 Å². The van der Waals surface area contributed by atoms with Gasteiger partial charge in [-0.15, -0.1) is 0 Å². The molecule has 9 heteroatoms. The van der Waals surface area contributed by atoms with Crippen molar-refractivity contribution in [3.05, 3.63) is 24.3 Å². The van der Waals surface area contributed by atoms with Crippen LogP contribution in [-0.4, -0.2) is 53.5 Å². The molecule has 1 fully saturated rings. The lowest BCUT2D eigenvalue weighted by Gasteiger charge is -2.21. The van der Waals surface area contributed by atoms with Gasteiger partial charge < -0.3 is 20.1 Å². The molecule has 164 valence electrons. The standard InChI is InChI=1S/C21H29N3O6/c1-5-7-12-21(4)19(27)24(20(28)23-21)13-17(25)30-14(3)18(26)22-15-8-10-16(11-9-15)29-6-2/h8-11,14H,5-7,12-13H2,1-4H3,(H,22,26)(H,23,28)/t14-,21+/m1/s1. The predicted octanol–water partition coefficient (Wildman–Crippen LogP) is 2.46. The van der Waals surface area contributed by atoms with E-state index in [2.05, 4.69) is 10.6 Å². The molecule has 0 unspecified atom stereocenters. The molecule has 2 atom stereocenters. The summed E-state index contributed by atoms with van der Waals surface area (Å²) < 4.78 is 10.4. The van der Waals surface area contributed by atoms with Crippen molar-refractivity contribution in [1.82, 2.24) is 10.2 Å². The zero-order valence-electron chi connectivity index (χ0n) is 17.8. The molecule has 1 heterocycles. The highest BCUT2D eigenvalue weighted by molar-refractivity contribution is 6.08. The number of urea groups is 1. The second kappa shape index (κ2) is 10.1. The van der Waals surface area contributed by atoms with Crippen molar-refractivity contribution in [2.45, 2.75) is 58.6 Å². The Bertz CT molecular complexity index is 794. The van der Waals surface area contributed by atoms with Gasteiger partial charge >= 0.3 is 12.0 Å². The van der Waals surface area contributed by atoms with Gasteiger partial charge in [0.05, 0.1) is 6.61 Å². The number of anilines is 1. The van der Waals surface area contributed by atoms with E-state index >= 15 is 0 Å². The van der Waals surface area contributed by atoms with Crippen molar-refractivity contribution < 1.29 is 28.7 Å². The van der Waals surface area contributed by atoms with E-state index in [4.69, 9.17) is 9.47 Å². The van der Waals surface area contributed by atoms with E-state index < -0.39 is 42.0 Å². The van der Waals surface area contributed by atoms with Crippen molar-refractivity contribution in [3.63, 3.8) is 0 Å². The number of carbonyl (C=O) groups excluding carboxylic acids is 4. The highest BCUT2D eigenvalue weighted by Crippen LogP contribution is 2.23. The first-order chi connectivity index (χ1) is 14.2. The molecule has 1 aliphatic rings. The molecule has 30 heavy (non-hydrogen) atoms. The highest BCUT2D eigenvalue weighted by Gasteiger charge is 2.48. The van der Waals surface area contributed by atoms with Gasteiger partial charge in [-0.05, 0) is 51.5 Å². The number of hydrogen-bond donors (Lipinski definition) is 2. The van der Waals surface area contributed by atoms with Gasteiger partial charge in [0, 0.05) is 5.69 Å². The minimum Gasteiger partial charge on any atom is -0.494 e. The van der Waals surface area contributed by atoms with Gasteiger partial charge in [-0.25, -0.2) is 4.79 Å². The Balaban J connectivity index is 1.88. The van der Waals surface area contributed by atoms with Crippen LogP contribution in [0.5, 0.6) is 5.75 Å². The van der Waals surface area contributed by atoms with E-state index in [0.717, 1.165) is 17.7 Å². The Morgan fingerprint density at radius 3 is 2.47 bits per heavy atom. The zero-order chi connectivity index (χ0) is 22.3. The number of benzene rings is 1. The third-order valence-corrected chi connectivity index (χ3v) is 4.77. The molecular formula is C21H29N3O6. The van der Waals surface area contributed by atoms with E-state index in [9.17, 15) is 19.2 Å². The van der Waals surface area contributed by atoms with Crippen LogP contribution in [0, 0.1) is 0 Å². The number of esters is 1. The van der Waals surface area contributed by atoms with Crippen LogP contribution in [0.2, 0.25) is 0 Å². The maximum Gasteiger partial charge on any atom is 0.327 e. The first kappa shape index (κ1) is 23.2. The van der Waals surface area contributed by atoms with E-state index in [0.29, 0.717) is 24.5 Å². The second-order valence-electron chi connectivity index (χ2n) is 7.34. The zero-order valence-corrected chi connectivity index (χ0v) is 17.8. The lowest BCUT2D eigenvalue weighted by molar-refractivity contribution is -0.155. The number of nitrogens with zero attached hydrogens (tertiary/aromatic N) is 1. The summed E-state index contributed by atoms with van der Waals surface area (Å²) >= 11 is 0. The smallest absolute Gasteiger partial charge is 0.327 e. The molecule has 1 aromatic carbocycles. The van der Waals surface area contributed by atoms with E-state index in [1.165, 1.54) is 6.92 Å². The topological polar surface area (TPSA) is 114 Å². The lowest BCUT2D eigenvalue weighted by Crippen LogP contribution is -2.44. The molecule has 1 aliphatic heterocycles. The average molecular weight is 419 g/mol. The minimum atomic E-state index is -1.10. The number of unbranched alkanes of at least 4 members (excludes halogenated alkanes) is 1. The Morgan fingerprint density at radius 1 is 1.20 bits per heavy atom. The van der Waals surface area contributed by atoms with Crippen LogP contribution in [0.15, 0.2) is 24.3 Å². The Morgan fingerprint density at radius 2 is 1.87 bits per heavy atom. The molecule has 4 amide bonds. The Kier molecular flexibility index (Phi) is 7.79. The summed E-state index contributed by atoms with van der Waals surface area (Å²) in [7, 11) is 0. The van der Waals surface area contributed by atoms with Crippen LogP contribution in [0.1, 0.15) is 47.0 Å². The summed E-state index contributed by atoms with van der Waals surface area (Å²) in [5.41, 5.74) is -0.503. The molecule has 0 bridgehead atoms. The molecular weight excluding hydrogens is 390 g/mol. The van der Waals surface area contributed by atoms with E-state index in [1.54, 1.807) is 31.2 Å². The SMILES string of the molecule is CCCC[C@]1(C)NC(=O)N(CC(=O)O[C@H](C)C(=O)Nc2ccc(OCC)cc2)C1=O. The molecule has 0 radical (unpaired) electrons. The van der Waals surface area contributed by atoms with E-state index in [-0.39, 0.29) is 0 Å². The van der Waals surface area contributed by atoms with Crippen molar-refractivity contribution in [2.75, 3.05) is 18.5 Å². The van der Waals surface area contributed by atoms with Crippen LogP contribution in [-0.2, 0) is 19.1 Å². The number of amides is 4. The summed E-state index contributed by atoms with van der Waals surface area (Å²) in [6, 6.07) is 6.12. The van der Waals surface area contributed by atoms with E-state index in [1.807, 2.05) is 13.8 Å². The van der Waals surface area contributed by atoms with Crippen molar-refractivity contribution >= 4 is 29.5 Å². The van der Waals surface area contributed by atoms with Crippen LogP contribution < -0.4 is 15.4 Å². The molecule has 2 N–H and O–H groups in total. The summed E-state index contributed by atoms with van der Waals surface area (Å²) in [5, 5.41) is 5.26. The number of hydrogen-bond acceptors (Lipinski definition) is 6. The Labute approximate surface area is 176 Å². The number of imide groups is 1. The van der Waals surface area contributed by atoms with Crippen molar-refractivity contribution in [1.29, 1.82) is 0 Å². The van der Waals surface area contributed by atoms with Gasteiger partial charge in [-0.2, -0.15) is 0 Å². The first-order valence-electron chi connectivity index (χ1n) is 10.1. The molecule has 2 rings (SSSR count). The first-order valence-corrected chi connectivity index (χ1v) is 10.1. The normalized spacial score (nSPS) is 19.3. The second-order valence-corrected chi connectivity index (χ2v) is 7.34. The van der Waals surface area contributed by atoms with Gasteiger partial charge in [-0.3, -0.25) is 19.3 Å². The van der Waals surface area contributed by atoms with Crippen LogP contribution in [0.25, 0.3) is 0 Å². The molecule has 0 spiro atoms. The fourth-order valence-electron chi connectivity index (χ4n) is 3.05. The number of nitrogens with one attached hydrogen (secondary N) is 2. The lowest BCUT2D eigenvalue weighted by atomic mass is 9.95. The van der Waals surface area contributed by atoms with Crippen LogP contribution in [0.4, 0.5) is 10.5 Å². The third-order valence-electron chi connectivity index (χ3n) is 4.77. The number of ether oxygens (including phenoxy) is 2. The maximum atomic E-state index is 12.6. The van der Waals surface area contributed by atoms with Gasteiger partial charge in [0.2, 0.25) is 0 Å². The molecule has 0 saturated carbocycles. The summed E-state index contributed by atoms with van der Waals surface area (Å²) in [6.45, 7) is 6.90. The molecule has 1 aromatic rings. The Hall–Kier alpha value is -3.10. The highest BCUT2D eigenvalue weighted by atomic mass is 16.5. The van der Waals surface area contributed by atoms with Gasteiger partial charge in [0.15, 0.2) is 6.10 Å². The fraction of sp³-hybridized carbons (Fsp3) is 0.524. The van der Waals surface area contributed by atoms with Crippen molar-refractivity contribution in [3.8, 4) is 5.75 Å². The van der Waals surface area contributed by atoms with Gasteiger partial charge in [0.1, 0.15) is 17.8 Å². The molecule has 0 aromatic heterocycles. The number of rotatable bonds is 10. The number of carbonyl (C=O) groups is 4. The predicted molar refractivity (Wildman–Crippen MR) is 110 cm³/mol. The monoisotopic (exact) mass is 419 g/mol. The average Bonchev–Trinajstić information content (AvgIpc) is 2.91. The van der Waals surface area contributed by atoms with Crippen molar-refractivity contribution in [2.24, 2.45) is 0 Å². The molecule has 0 aliphatic carbocycles. The maximum absolute atomic E-state index is 12.6. The minimum absolute atomic E-state index is 0.468. The van der Waals surface area contributed by atoms with Crippen LogP contribution >= 0.6 is 0 Å². The fourth-order valence-corrected chi connectivity index (χ4v) is 3.05. The third kappa shape index (κ3) is 5.71. The van der Waals surface area contributed by atoms with Gasteiger partial charge in [0.25, 0.3) is 11.8 Å². The summed E-state index contributed by atoms with van der Waals surface area (Å²) in [5.74, 6) is -1.16. The van der Waals surface area contributed by atoms with Gasteiger partial charge in [-0.1, -0.05) is 19.8 Å². The molecule has 1 saturated heterocycles.